The molecule has 0 radical (unpaired) electrons. The summed E-state index contributed by atoms with van der Waals surface area (Å²) in [4.78, 5) is 29.7. The normalized spacial score (nSPS) is 10.6. The number of alkyl halides is 3. The van der Waals surface area contributed by atoms with Gasteiger partial charge in [0, 0.05) is 24.3 Å². The topological polar surface area (TPSA) is 141 Å². The number of anilines is 2. The minimum atomic E-state index is -5.22. The largest absolute Gasteiger partial charge is 0.471 e. The first-order valence-corrected chi connectivity index (χ1v) is 8.64. The Morgan fingerprint density at radius 1 is 0.933 bits per heavy atom. The number of nitrogens with one attached hydrogen (secondary N) is 1. The van der Waals surface area contributed by atoms with Crippen LogP contribution in [0.3, 0.4) is 0 Å². The molecular weight excluding hydrogens is 559 g/mol. The molecule has 0 heterocycles. The van der Waals surface area contributed by atoms with Gasteiger partial charge in [-0.2, -0.15) is 13.2 Å². The molecule has 0 atom stereocenters. The van der Waals surface area contributed by atoms with E-state index in [2.05, 4.69) is 31.9 Å². The molecule has 2 aromatic rings. The third-order valence-electron chi connectivity index (χ3n) is 3.01. The third-order valence-corrected chi connectivity index (χ3v) is 4.22. The second-order valence-electron chi connectivity index (χ2n) is 5.07. The van der Waals surface area contributed by atoms with Gasteiger partial charge in [0.1, 0.15) is 23.0 Å². The van der Waals surface area contributed by atoms with Crippen LogP contribution < -0.4 is 11.1 Å². The van der Waals surface area contributed by atoms with E-state index in [-0.39, 0.29) is 20.3 Å². The second-order valence-corrected chi connectivity index (χ2v) is 6.78. The lowest BCUT2D eigenvalue weighted by Gasteiger charge is -2.08. The first-order chi connectivity index (χ1) is 13.6. The molecule has 0 fully saturated rings. The maximum atomic E-state index is 13.1. The molecule has 0 saturated heterocycles. The van der Waals surface area contributed by atoms with Crippen LogP contribution in [0.2, 0.25) is 0 Å². The minimum Gasteiger partial charge on any atom is -0.393 e. The number of nitrogen functional groups attached to an aromatic ring is 1. The summed E-state index contributed by atoms with van der Waals surface area (Å²) < 4.78 is 61.4. The summed E-state index contributed by atoms with van der Waals surface area (Å²) in [5.41, 5.74) is 2.97. The average Bonchev–Trinajstić information content (AvgIpc) is 2.60. The number of carbonyl (C=O) groups excluding carboxylic acids is 1. The number of rotatable bonds is 3. The molecule has 2 aromatic carbocycles. The lowest BCUT2D eigenvalue weighted by Crippen LogP contribution is -2.30. The molecule has 0 aliphatic heterocycles. The predicted octanol–water partition coefficient (Wildman–Crippen LogP) is 5.08. The van der Waals surface area contributed by atoms with E-state index in [1.165, 1.54) is 5.32 Å². The number of nitrogens with two attached hydrogens (primary N) is 1. The molecule has 0 bridgehead atoms. The van der Waals surface area contributed by atoms with E-state index in [0.29, 0.717) is 12.1 Å². The first-order valence-electron chi connectivity index (χ1n) is 7.05. The van der Waals surface area contributed by atoms with Gasteiger partial charge >= 0.3 is 12.1 Å². The third kappa shape index (κ3) is 6.58. The Hall–Kier alpha value is -2.88. The number of hydrogen-bond acceptors (Lipinski definition) is 6. The number of nitrogens with zero attached hydrogens (tertiary/aromatic N) is 2. The van der Waals surface area contributed by atoms with Gasteiger partial charge < -0.3 is 11.1 Å². The summed E-state index contributed by atoms with van der Waals surface area (Å²) in [6, 6.07) is 3.01. The standard InChI is InChI=1S/C8H3BrF4N2O3.C6H4BrFN2O2/c9-3-1-6(15(17)18)5(2-4(3)10)14-7(16)8(11,12)13;7-3-1-6(10(11)12)5(9)2-4(3)8/h1-2H,(H,14,16);1-2H,9H2. The number of carbonyl (C=O) groups is 1. The van der Waals surface area contributed by atoms with E-state index in [0.717, 1.165) is 12.1 Å². The highest BCUT2D eigenvalue weighted by Crippen LogP contribution is 2.32. The van der Waals surface area contributed by atoms with Crippen molar-refractivity contribution in [2.45, 2.75) is 6.18 Å². The summed E-state index contributed by atoms with van der Waals surface area (Å²) in [5, 5.41) is 22.0. The van der Waals surface area contributed by atoms with Crippen LogP contribution >= 0.6 is 31.9 Å². The Bertz CT molecular complexity index is 1020. The van der Waals surface area contributed by atoms with E-state index >= 15 is 0 Å². The van der Waals surface area contributed by atoms with Crippen molar-refractivity contribution < 1.29 is 36.6 Å². The number of halogens is 7. The number of nitro benzene ring substituents is 2. The smallest absolute Gasteiger partial charge is 0.393 e. The molecule has 0 aromatic heterocycles. The van der Waals surface area contributed by atoms with E-state index in [9.17, 15) is 47.0 Å². The summed E-state index contributed by atoms with van der Waals surface area (Å²) in [6.45, 7) is 0. The molecule has 3 N–H and O–H groups in total. The molecule has 9 nitrogen and oxygen atoms in total. The molecule has 0 aliphatic carbocycles. The zero-order valence-corrected chi connectivity index (χ0v) is 17.1. The fourth-order valence-corrected chi connectivity index (χ4v) is 2.35. The Labute approximate surface area is 179 Å². The van der Waals surface area contributed by atoms with Gasteiger partial charge in [-0.05, 0) is 31.9 Å². The van der Waals surface area contributed by atoms with Gasteiger partial charge in [0.2, 0.25) is 0 Å². The zero-order valence-electron chi connectivity index (χ0n) is 14.0. The molecule has 0 unspecified atom stereocenters. The van der Waals surface area contributed by atoms with E-state index < -0.39 is 44.9 Å². The van der Waals surface area contributed by atoms with Crippen LogP contribution in [0, 0.1) is 31.9 Å². The van der Waals surface area contributed by atoms with Crippen molar-refractivity contribution in [1.82, 2.24) is 0 Å². The lowest BCUT2D eigenvalue weighted by atomic mass is 10.2. The Morgan fingerprint density at radius 2 is 1.37 bits per heavy atom. The van der Waals surface area contributed by atoms with Crippen molar-refractivity contribution in [3.8, 4) is 0 Å². The SMILES string of the molecule is Nc1cc(F)c(Br)cc1[N+](=O)[O-].O=C(Nc1cc(F)c(Br)cc1[N+](=O)[O-])C(F)(F)F. The van der Waals surface area contributed by atoms with Gasteiger partial charge in [-0.25, -0.2) is 8.78 Å². The Balaban J connectivity index is 0.000000325. The Morgan fingerprint density at radius 3 is 1.80 bits per heavy atom. The zero-order chi connectivity index (χ0) is 23.4. The molecule has 1 amide bonds. The highest BCUT2D eigenvalue weighted by atomic mass is 79.9. The molecule has 2 rings (SSSR count). The maximum absolute atomic E-state index is 13.1. The number of hydrogen-bond donors (Lipinski definition) is 2. The van der Waals surface area contributed by atoms with Crippen molar-refractivity contribution >= 4 is 60.5 Å². The van der Waals surface area contributed by atoms with Crippen LogP contribution in [0.25, 0.3) is 0 Å². The van der Waals surface area contributed by atoms with Crippen LogP contribution in [0.5, 0.6) is 0 Å². The van der Waals surface area contributed by atoms with Crippen LogP contribution in [-0.4, -0.2) is 21.9 Å². The van der Waals surface area contributed by atoms with Crippen LogP contribution in [-0.2, 0) is 4.79 Å². The number of amides is 1. The van der Waals surface area contributed by atoms with Crippen molar-refractivity contribution in [3.05, 3.63) is 65.1 Å². The van der Waals surface area contributed by atoms with Gasteiger partial charge in [0.25, 0.3) is 11.4 Å². The number of nitro groups is 2. The van der Waals surface area contributed by atoms with Crippen molar-refractivity contribution in [2.24, 2.45) is 0 Å². The van der Waals surface area contributed by atoms with Crippen molar-refractivity contribution in [2.75, 3.05) is 11.1 Å². The fourth-order valence-electron chi connectivity index (χ4n) is 1.69. The Kier molecular flexibility index (Phi) is 8.17. The molecule has 0 spiro atoms. The summed E-state index contributed by atoms with van der Waals surface area (Å²) in [6.07, 6.45) is -5.22. The van der Waals surface area contributed by atoms with Crippen LogP contribution in [0.15, 0.2) is 33.2 Å². The molecule has 0 saturated carbocycles. The summed E-state index contributed by atoms with van der Waals surface area (Å²) in [7, 11) is 0. The average molecular weight is 566 g/mol. The quantitative estimate of drug-likeness (QED) is 0.230. The first kappa shape index (κ1) is 25.2. The van der Waals surface area contributed by atoms with Crippen LogP contribution in [0.4, 0.5) is 44.7 Å². The fraction of sp³-hybridized carbons (Fsp3) is 0.0714. The highest BCUT2D eigenvalue weighted by molar-refractivity contribution is 9.10. The monoisotopic (exact) mass is 564 g/mol. The van der Waals surface area contributed by atoms with E-state index in [1.807, 2.05) is 0 Å². The highest BCUT2D eigenvalue weighted by Gasteiger charge is 2.39. The summed E-state index contributed by atoms with van der Waals surface area (Å²) in [5.74, 6) is -4.08. The molecule has 16 heteroatoms. The van der Waals surface area contributed by atoms with Gasteiger partial charge in [0.05, 0.1) is 18.8 Å². The minimum absolute atomic E-state index is 0.0309. The van der Waals surface area contributed by atoms with Crippen molar-refractivity contribution in [1.29, 1.82) is 0 Å². The molecule has 30 heavy (non-hydrogen) atoms. The van der Waals surface area contributed by atoms with Gasteiger partial charge in [-0.3, -0.25) is 25.0 Å². The van der Waals surface area contributed by atoms with Gasteiger partial charge in [-0.1, -0.05) is 0 Å². The van der Waals surface area contributed by atoms with E-state index in [4.69, 9.17) is 5.73 Å². The van der Waals surface area contributed by atoms with Crippen molar-refractivity contribution in [3.63, 3.8) is 0 Å². The molecule has 0 aliphatic rings. The number of benzene rings is 2. The molecular formula is C14H7Br2F5N4O5. The van der Waals surface area contributed by atoms with Gasteiger partial charge in [-0.15, -0.1) is 0 Å². The predicted molar refractivity (Wildman–Crippen MR) is 101 cm³/mol. The summed E-state index contributed by atoms with van der Waals surface area (Å²) >= 11 is 5.45. The van der Waals surface area contributed by atoms with Gasteiger partial charge in [0.15, 0.2) is 0 Å². The maximum Gasteiger partial charge on any atom is 0.471 e. The van der Waals surface area contributed by atoms with Crippen LogP contribution in [0.1, 0.15) is 0 Å². The van der Waals surface area contributed by atoms with E-state index in [1.54, 1.807) is 0 Å². The second kappa shape index (κ2) is 9.75. The lowest BCUT2D eigenvalue weighted by molar-refractivity contribution is -0.384. The molecule has 162 valence electrons.